The van der Waals surface area contributed by atoms with Crippen LogP contribution in [0.15, 0.2) is 16.5 Å². The quantitative estimate of drug-likeness (QED) is 0.807. The lowest BCUT2D eigenvalue weighted by atomic mass is 9.89. The lowest BCUT2D eigenvalue weighted by Gasteiger charge is -2.20. The highest BCUT2D eigenvalue weighted by molar-refractivity contribution is 5.85. The van der Waals surface area contributed by atoms with E-state index in [0.717, 1.165) is 0 Å². The minimum absolute atomic E-state index is 0.104. The smallest absolute Gasteiger partial charge is 0.371 e. The number of nitrogens with zero attached hydrogens (tertiary/aromatic N) is 1. The molecule has 0 bridgehead atoms. The molecular weight excluding hydrogens is 224 g/mol. The molecule has 92 valence electrons. The van der Waals surface area contributed by atoms with Gasteiger partial charge in [-0.3, -0.25) is 4.79 Å². The number of aromatic carboxylic acids is 1. The van der Waals surface area contributed by atoms with Gasteiger partial charge in [0.2, 0.25) is 11.7 Å². The summed E-state index contributed by atoms with van der Waals surface area (Å²) in [5, 5.41) is 8.75. The third-order valence-electron chi connectivity index (χ3n) is 3.18. The lowest BCUT2D eigenvalue weighted by Crippen LogP contribution is -2.37. The largest absolute Gasteiger partial charge is 0.475 e. The fourth-order valence-electron chi connectivity index (χ4n) is 1.96. The van der Waals surface area contributed by atoms with Gasteiger partial charge in [-0.1, -0.05) is 0 Å². The van der Waals surface area contributed by atoms with Crippen LogP contribution in [-0.2, 0) is 4.79 Å². The number of carbonyl (C=O) groups excluding carboxylic acids is 1. The van der Waals surface area contributed by atoms with Gasteiger partial charge in [-0.15, -0.1) is 0 Å². The number of primary amides is 1. The number of hydrogen-bond donors (Lipinski definition) is 2. The highest BCUT2D eigenvalue weighted by Crippen LogP contribution is 2.33. The molecule has 1 fully saturated rings. The van der Waals surface area contributed by atoms with Crippen molar-refractivity contribution in [1.82, 2.24) is 0 Å². The summed E-state index contributed by atoms with van der Waals surface area (Å²) in [6.45, 7) is 2.89. The predicted octanol–water partition coefficient (Wildman–Crippen LogP) is 0.679. The van der Waals surface area contributed by atoms with Crippen molar-refractivity contribution in [2.45, 2.75) is 13.3 Å². The van der Waals surface area contributed by atoms with Crippen molar-refractivity contribution in [3.05, 3.63) is 17.9 Å². The highest BCUT2D eigenvalue weighted by Gasteiger charge is 2.39. The third-order valence-corrected chi connectivity index (χ3v) is 3.18. The summed E-state index contributed by atoms with van der Waals surface area (Å²) in [5.41, 5.74) is 4.76. The molecule has 3 N–H and O–H groups in total. The van der Waals surface area contributed by atoms with Gasteiger partial charge in [-0.25, -0.2) is 4.79 Å². The Hall–Kier alpha value is -1.98. The number of anilines is 1. The van der Waals surface area contributed by atoms with Crippen molar-refractivity contribution in [3.63, 3.8) is 0 Å². The van der Waals surface area contributed by atoms with Crippen molar-refractivity contribution >= 4 is 17.8 Å². The Kier molecular flexibility index (Phi) is 2.57. The predicted molar refractivity (Wildman–Crippen MR) is 59.8 cm³/mol. The molecule has 1 saturated heterocycles. The minimum Gasteiger partial charge on any atom is -0.475 e. The molecule has 0 saturated carbocycles. The maximum Gasteiger partial charge on any atom is 0.371 e. The van der Waals surface area contributed by atoms with Crippen LogP contribution in [0, 0.1) is 5.41 Å². The van der Waals surface area contributed by atoms with E-state index in [-0.39, 0.29) is 11.7 Å². The number of hydrogen-bond acceptors (Lipinski definition) is 4. The fourth-order valence-corrected chi connectivity index (χ4v) is 1.96. The number of nitrogens with two attached hydrogens (primary N) is 1. The summed E-state index contributed by atoms with van der Waals surface area (Å²) in [4.78, 5) is 23.8. The van der Waals surface area contributed by atoms with Gasteiger partial charge in [0.15, 0.2) is 5.88 Å². The molecular formula is C11H14N2O4. The van der Waals surface area contributed by atoms with E-state index in [0.29, 0.717) is 25.4 Å². The first-order valence-electron chi connectivity index (χ1n) is 5.30. The van der Waals surface area contributed by atoms with Gasteiger partial charge in [0.25, 0.3) is 0 Å². The Morgan fingerprint density at radius 1 is 1.53 bits per heavy atom. The van der Waals surface area contributed by atoms with Crippen LogP contribution in [-0.4, -0.2) is 30.1 Å². The Morgan fingerprint density at radius 2 is 2.24 bits per heavy atom. The van der Waals surface area contributed by atoms with Crippen LogP contribution in [0.5, 0.6) is 0 Å². The van der Waals surface area contributed by atoms with Crippen LogP contribution in [0.4, 0.5) is 5.88 Å². The Bertz CT molecular complexity index is 468. The van der Waals surface area contributed by atoms with Gasteiger partial charge in [-0.05, 0) is 19.4 Å². The van der Waals surface area contributed by atoms with Crippen molar-refractivity contribution in [2.75, 3.05) is 18.0 Å². The zero-order valence-electron chi connectivity index (χ0n) is 9.47. The van der Waals surface area contributed by atoms with Gasteiger partial charge in [0, 0.05) is 19.2 Å². The average Bonchev–Trinajstić information content (AvgIpc) is 2.84. The zero-order valence-corrected chi connectivity index (χ0v) is 9.47. The maximum atomic E-state index is 11.3. The van der Waals surface area contributed by atoms with E-state index < -0.39 is 11.4 Å². The standard InChI is InChI=1S/C11H14N2O4/c1-11(10(12)16)4-5-13(6-11)8-3-2-7(17-8)9(14)15/h2-3H,4-6H2,1H3,(H2,12,16)(H,14,15). The summed E-state index contributed by atoms with van der Waals surface area (Å²) in [5.74, 6) is -1.09. The molecule has 2 rings (SSSR count). The number of furan rings is 1. The second kappa shape index (κ2) is 3.80. The van der Waals surface area contributed by atoms with E-state index >= 15 is 0 Å². The SMILES string of the molecule is CC1(C(N)=O)CCN(c2ccc(C(=O)O)o2)C1. The van der Waals surface area contributed by atoms with E-state index in [2.05, 4.69) is 0 Å². The molecule has 1 amide bonds. The van der Waals surface area contributed by atoms with Crippen LogP contribution in [0.2, 0.25) is 0 Å². The first-order valence-corrected chi connectivity index (χ1v) is 5.30. The summed E-state index contributed by atoms with van der Waals surface area (Å²) in [6, 6.07) is 2.99. The van der Waals surface area contributed by atoms with Crippen molar-refractivity contribution in [2.24, 2.45) is 11.1 Å². The molecule has 1 aliphatic heterocycles. The second-order valence-electron chi connectivity index (χ2n) is 4.54. The first kappa shape index (κ1) is 11.5. The van der Waals surface area contributed by atoms with E-state index in [1.165, 1.54) is 6.07 Å². The maximum absolute atomic E-state index is 11.3. The van der Waals surface area contributed by atoms with Crippen molar-refractivity contribution < 1.29 is 19.1 Å². The zero-order chi connectivity index (χ0) is 12.6. The minimum atomic E-state index is -1.10. The molecule has 0 radical (unpaired) electrons. The van der Waals surface area contributed by atoms with Crippen molar-refractivity contribution in [3.8, 4) is 0 Å². The van der Waals surface area contributed by atoms with E-state index in [9.17, 15) is 9.59 Å². The molecule has 1 aromatic rings. The molecule has 0 spiro atoms. The van der Waals surface area contributed by atoms with Gasteiger partial charge in [0.05, 0.1) is 5.41 Å². The normalized spacial score (nSPS) is 23.9. The van der Waals surface area contributed by atoms with Crippen LogP contribution in [0.25, 0.3) is 0 Å². The Labute approximate surface area is 98.0 Å². The molecule has 1 aromatic heterocycles. The first-order chi connectivity index (χ1) is 7.92. The summed E-state index contributed by atoms with van der Waals surface area (Å²) >= 11 is 0. The molecule has 0 aromatic carbocycles. The number of carboxylic acid groups (broad SMARTS) is 1. The second-order valence-corrected chi connectivity index (χ2v) is 4.54. The Balaban J connectivity index is 2.15. The topological polar surface area (TPSA) is 96.8 Å². The monoisotopic (exact) mass is 238 g/mol. The van der Waals surface area contributed by atoms with Gasteiger partial charge >= 0.3 is 5.97 Å². The van der Waals surface area contributed by atoms with Crippen LogP contribution in [0.1, 0.15) is 23.9 Å². The van der Waals surface area contributed by atoms with Gasteiger partial charge in [-0.2, -0.15) is 0 Å². The van der Waals surface area contributed by atoms with Crippen molar-refractivity contribution in [1.29, 1.82) is 0 Å². The number of amides is 1. The summed E-state index contributed by atoms with van der Waals surface area (Å²) < 4.78 is 5.18. The fraction of sp³-hybridized carbons (Fsp3) is 0.455. The van der Waals surface area contributed by atoms with Crippen LogP contribution in [0.3, 0.4) is 0 Å². The average molecular weight is 238 g/mol. The van der Waals surface area contributed by atoms with Gasteiger partial charge < -0.3 is 20.2 Å². The molecule has 0 aliphatic carbocycles. The van der Waals surface area contributed by atoms with E-state index in [4.69, 9.17) is 15.3 Å². The van der Waals surface area contributed by atoms with E-state index in [1.807, 2.05) is 4.90 Å². The highest BCUT2D eigenvalue weighted by atomic mass is 16.4. The number of carbonyl (C=O) groups is 2. The summed E-state index contributed by atoms with van der Waals surface area (Å²) in [7, 11) is 0. The molecule has 2 heterocycles. The molecule has 1 aliphatic rings. The molecule has 6 nitrogen and oxygen atoms in total. The lowest BCUT2D eigenvalue weighted by molar-refractivity contribution is -0.125. The van der Waals surface area contributed by atoms with E-state index in [1.54, 1.807) is 13.0 Å². The third kappa shape index (κ3) is 1.98. The van der Waals surface area contributed by atoms with Crippen LogP contribution >= 0.6 is 0 Å². The molecule has 17 heavy (non-hydrogen) atoms. The number of carboxylic acids is 1. The van der Waals surface area contributed by atoms with Gasteiger partial charge in [0.1, 0.15) is 0 Å². The molecule has 1 unspecified atom stereocenters. The number of rotatable bonds is 3. The summed E-state index contributed by atoms with van der Waals surface area (Å²) in [6.07, 6.45) is 0.644. The Morgan fingerprint density at radius 3 is 2.71 bits per heavy atom. The molecule has 6 heteroatoms. The molecule has 1 atom stereocenters. The van der Waals surface area contributed by atoms with Crippen LogP contribution < -0.4 is 10.6 Å².